The number of nitrogens with one attached hydrogen (secondary N) is 1. The van der Waals surface area contributed by atoms with Gasteiger partial charge in [-0.05, 0) is 32.0 Å². The summed E-state index contributed by atoms with van der Waals surface area (Å²) < 4.78 is 0. The molecule has 1 saturated heterocycles. The van der Waals surface area contributed by atoms with Crippen molar-refractivity contribution < 1.29 is 4.79 Å². The molecule has 5 nitrogen and oxygen atoms in total. The standard InChI is InChI=1S/C12H18N4O/c1-14-8-10-3-2-6-16(10)9-4-5-15-11(7-9)12(13)17/h4-5,7,10,14H,2-3,6,8H2,1H3,(H2,13,17). The van der Waals surface area contributed by atoms with Gasteiger partial charge < -0.3 is 16.0 Å². The Hall–Kier alpha value is -1.62. The van der Waals surface area contributed by atoms with Gasteiger partial charge in [0, 0.05) is 31.0 Å². The normalized spacial score (nSPS) is 19.6. The topological polar surface area (TPSA) is 71.2 Å². The number of pyridine rings is 1. The number of aromatic nitrogens is 1. The number of nitrogens with two attached hydrogens (primary N) is 1. The highest BCUT2D eigenvalue weighted by Gasteiger charge is 2.24. The number of amides is 1. The van der Waals surface area contributed by atoms with Crippen LogP contribution in [0, 0.1) is 0 Å². The molecule has 92 valence electrons. The quantitative estimate of drug-likeness (QED) is 0.789. The molecule has 0 bridgehead atoms. The number of carbonyl (C=O) groups is 1. The number of rotatable bonds is 4. The highest BCUT2D eigenvalue weighted by atomic mass is 16.1. The van der Waals surface area contributed by atoms with Crippen LogP contribution in [-0.4, -0.2) is 37.1 Å². The minimum absolute atomic E-state index is 0.331. The van der Waals surface area contributed by atoms with Gasteiger partial charge in [-0.3, -0.25) is 9.78 Å². The summed E-state index contributed by atoms with van der Waals surface area (Å²) in [5.41, 5.74) is 6.61. The van der Waals surface area contributed by atoms with Crippen LogP contribution in [0.5, 0.6) is 0 Å². The van der Waals surface area contributed by atoms with E-state index in [9.17, 15) is 4.79 Å². The molecular weight excluding hydrogens is 216 g/mol. The summed E-state index contributed by atoms with van der Waals surface area (Å²) in [5.74, 6) is -0.476. The van der Waals surface area contributed by atoms with Crippen molar-refractivity contribution >= 4 is 11.6 Å². The molecule has 2 rings (SSSR count). The van der Waals surface area contributed by atoms with Crippen molar-refractivity contribution in [2.24, 2.45) is 5.73 Å². The van der Waals surface area contributed by atoms with Crippen molar-refractivity contribution in [3.63, 3.8) is 0 Å². The lowest BCUT2D eigenvalue weighted by Gasteiger charge is -2.26. The Labute approximate surface area is 101 Å². The number of primary amides is 1. The third kappa shape index (κ3) is 2.55. The summed E-state index contributed by atoms with van der Waals surface area (Å²) in [6, 6.07) is 4.19. The molecular formula is C12H18N4O. The largest absolute Gasteiger partial charge is 0.367 e. The SMILES string of the molecule is CNCC1CCCN1c1ccnc(C(N)=O)c1. The highest BCUT2D eigenvalue weighted by molar-refractivity contribution is 5.91. The van der Waals surface area contributed by atoms with Gasteiger partial charge in [0.15, 0.2) is 0 Å². The van der Waals surface area contributed by atoms with Gasteiger partial charge in [-0.2, -0.15) is 0 Å². The molecule has 0 aliphatic carbocycles. The van der Waals surface area contributed by atoms with E-state index in [1.54, 1.807) is 12.3 Å². The molecule has 0 saturated carbocycles. The lowest BCUT2D eigenvalue weighted by molar-refractivity contribution is 0.0995. The molecule has 17 heavy (non-hydrogen) atoms. The fourth-order valence-electron chi connectivity index (χ4n) is 2.36. The molecule has 1 unspecified atom stereocenters. The molecule has 1 aliphatic heterocycles. The highest BCUT2D eigenvalue weighted by Crippen LogP contribution is 2.25. The van der Waals surface area contributed by atoms with Crippen molar-refractivity contribution in [1.29, 1.82) is 0 Å². The number of hydrogen-bond acceptors (Lipinski definition) is 4. The molecule has 3 N–H and O–H groups in total. The minimum atomic E-state index is -0.476. The van der Waals surface area contributed by atoms with E-state index in [-0.39, 0.29) is 0 Å². The van der Waals surface area contributed by atoms with Crippen LogP contribution in [0.15, 0.2) is 18.3 Å². The smallest absolute Gasteiger partial charge is 0.267 e. The Bertz CT molecular complexity index is 407. The molecule has 5 heteroatoms. The fraction of sp³-hybridized carbons (Fsp3) is 0.500. The molecule has 0 spiro atoms. The van der Waals surface area contributed by atoms with E-state index in [4.69, 9.17) is 5.73 Å². The van der Waals surface area contributed by atoms with Crippen molar-refractivity contribution in [3.8, 4) is 0 Å². The average Bonchev–Trinajstić information content (AvgIpc) is 2.78. The summed E-state index contributed by atoms with van der Waals surface area (Å²) >= 11 is 0. The number of likely N-dealkylation sites (N-methyl/N-ethyl adjacent to an activating group) is 1. The van der Waals surface area contributed by atoms with E-state index in [0.29, 0.717) is 11.7 Å². The lowest BCUT2D eigenvalue weighted by atomic mass is 10.2. The second-order valence-corrected chi connectivity index (χ2v) is 4.31. The maximum Gasteiger partial charge on any atom is 0.267 e. The van der Waals surface area contributed by atoms with Gasteiger partial charge in [0.1, 0.15) is 5.69 Å². The van der Waals surface area contributed by atoms with Gasteiger partial charge in [0.25, 0.3) is 5.91 Å². The van der Waals surface area contributed by atoms with E-state index in [1.165, 1.54) is 12.8 Å². The number of anilines is 1. The first-order valence-corrected chi connectivity index (χ1v) is 5.89. The molecule has 0 radical (unpaired) electrons. The fourth-order valence-corrected chi connectivity index (χ4v) is 2.36. The predicted octanol–water partition coefficient (Wildman–Crippen LogP) is 0.369. The van der Waals surface area contributed by atoms with Crippen LogP contribution >= 0.6 is 0 Å². The Kier molecular flexibility index (Phi) is 3.58. The average molecular weight is 234 g/mol. The predicted molar refractivity (Wildman–Crippen MR) is 67.0 cm³/mol. The van der Waals surface area contributed by atoms with Crippen LogP contribution in [0.4, 0.5) is 5.69 Å². The number of carbonyl (C=O) groups excluding carboxylic acids is 1. The van der Waals surface area contributed by atoms with Gasteiger partial charge in [0.2, 0.25) is 0 Å². The van der Waals surface area contributed by atoms with E-state index in [2.05, 4.69) is 15.2 Å². The summed E-state index contributed by atoms with van der Waals surface area (Å²) in [5, 5.41) is 3.20. The second kappa shape index (κ2) is 5.14. The van der Waals surface area contributed by atoms with Gasteiger partial charge in [-0.1, -0.05) is 0 Å². The Morgan fingerprint density at radius 1 is 1.71 bits per heavy atom. The molecule has 1 aromatic heterocycles. The summed E-state index contributed by atoms with van der Waals surface area (Å²) in [4.78, 5) is 17.4. The van der Waals surface area contributed by atoms with Gasteiger partial charge in [0.05, 0.1) is 0 Å². The Morgan fingerprint density at radius 3 is 3.24 bits per heavy atom. The third-order valence-electron chi connectivity index (χ3n) is 3.14. The molecule has 1 amide bonds. The molecule has 0 aromatic carbocycles. The van der Waals surface area contributed by atoms with E-state index in [1.807, 2.05) is 13.1 Å². The van der Waals surface area contributed by atoms with Gasteiger partial charge >= 0.3 is 0 Å². The summed E-state index contributed by atoms with van der Waals surface area (Å²) in [6.45, 7) is 1.97. The van der Waals surface area contributed by atoms with Gasteiger partial charge in [-0.15, -0.1) is 0 Å². The molecule has 1 fully saturated rings. The number of nitrogens with zero attached hydrogens (tertiary/aromatic N) is 2. The van der Waals surface area contributed by atoms with Crippen LogP contribution < -0.4 is 16.0 Å². The second-order valence-electron chi connectivity index (χ2n) is 4.31. The first-order valence-electron chi connectivity index (χ1n) is 5.89. The summed E-state index contributed by atoms with van der Waals surface area (Å²) in [7, 11) is 1.96. The number of hydrogen-bond donors (Lipinski definition) is 2. The zero-order chi connectivity index (χ0) is 12.3. The van der Waals surface area contributed by atoms with Crippen LogP contribution in [0.3, 0.4) is 0 Å². The van der Waals surface area contributed by atoms with Crippen LogP contribution in [0.25, 0.3) is 0 Å². The van der Waals surface area contributed by atoms with E-state index >= 15 is 0 Å². The van der Waals surface area contributed by atoms with Crippen LogP contribution in [0.2, 0.25) is 0 Å². The zero-order valence-electron chi connectivity index (χ0n) is 10.0. The Morgan fingerprint density at radius 2 is 2.53 bits per heavy atom. The van der Waals surface area contributed by atoms with Crippen molar-refractivity contribution in [2.75, 3.05) is 25.0 Å². The van der Waals surface area contributed by atoms with E-state index in [0.717, 1.165) is 18.8 Å². The molecule has 1 aliphatic rings. The Balaban J connectivity index is 2.21. The first-order chi connectivity index (χ1) is 8.22. The summed E-state index contributed by atoms with van der Waals surface area (Å²) in [6.07, 6.45) is 4.00. The van der Waals surface area contributed by atoms with Crippen molar-refractivity contribution in [2.45, 2.75) is 18.9 Å². The monoisotopic (exact) mass is 234 g/mol. The maximum absolute atomic E-state index is 11.1. The third-order valence-corrected chi connectivity index (χ3v) is 3.14. The lowest BCUT2D eigenvalue weighted by Crippen LogP contribution is -2.36. The molecule has 1 aromatic rings. The maximum atomic E-state index is 11.1. The van der Waals surface area contributed by atoms with E-state index < -0.39 is 5.91 Å². The van der Waals surface area contributed by atoms with Crippen molar-refractivity contribution in [1.82, 2.24) is 10.3 Å². The molecule has 2 heterocycles. The van der Waals surface area contributed by atoms with Crippen molar-refractivity contribution in [3.05, 3.63) is 24.0 Å². The zero-order valence-corrected chi connectivity index (χ0v) is 10.0. The first kappa shape index (κ1) is 11.9. The minimum Gasteiger partial charge on any atom is -0.367 e. The molecule has 1 atom stereocenters. The van der Waals surface area contributed by atoms with Crippen LogP contribution in [0.1, 0.15) is 23.3 Å². The van der Waals surface area contributed by atoms with Gasteiger partial charge in [-0.25, -0.2) is 0 Å². The van der Waals surface area contributed by atoms with Crippen LogP contribution in [-0.2, 0) is 0 Å².